The van der Waals surface area contributed by atoms with E-state index in [1.54, 1.807) is 0 Å². The summed E-state index contributed by atoms with van der Waals surface area (Å²) in [5.74, 6) is -0.115. The summed E-state index contributed by atoms with van der Waals surface area (Å²) in [4.78, 5) is 20.9. The Labute approximate surface area is 64.3 Å². The van der Waals surface area contributed by atoms with Crippen molar-refractivity contribution in [3.8, 4) is 0 Å². The van der Waals surface area contributed by atoms with Crippen molar-refractivity contribution in [3.63, 3.8) is 0 Å². The summed E-state index contributed by atoms with van der Waals surface area (Å²) in [6.07, 6.45) is 0. The highest BCUT2D eigenvalue weighted by atomic mass is 32.7. The summed E-state index contributed by atoms with van der Waals surface area (Å²) in [6.45, 7) is 1.26. The SMILES string of the molecule is COCS[P+]([O-])=NC(C)=O. The van der Waals surface area contributed by atoms with Crippen molar-refractivity contribution in [2.75, 3.05) is 13.0 Å². The summed E-state index contributed by atoms with van der Waals surface area (Å²) in [5, 5.41) is 0. The van der Waals surface area contributed by atoms with Crippen LogP contribution in [0.3, 0.4) is 0 Å². The number of hydrogen-bond acceptors (Lipinski definition) is 4. The van der Waals surface area contributed by atoms with Crippen LogP contribution in [-0.2, 0) is 9.53 Å². The first kappa shape index (κ1) is 10.0. The second-order valence-electron chi connectivity index (χ2n) is 1.39. The standard InChI is InChI=1S/C4H8NO3PS/c1-4(6)5-9(7)10-3-8-2/h3H2,1-2H3. The van der Waals surface area contributed by atoms with Crippen molar-refractivity contribution < 1.29 is 14.4 Å². The molecule has 1 amide bonds. The van der Waals surface area contributed by atoms with E-state index >= 15 is 0 Å². The first-order chi connectivity index (χ1) is 4.66. The van der Waals surface area contributed by atoms with Crippen LogP contribution in [0, 0.1) is 0 Å². The van der Waals surface area contributed by atoms with Gasteiger partial charge in [-0.1, -0.05) is 0 Å². The van der Waals surface area contributed by atoms with Crippen LogP contribution < -0.4 is 4.89 Å². The average Bonchev–Trinajstić information content (AvgIpc) is 1.82. The molecule has 1 unspecified atom stereocenters. The molecule has 6 heteroatoms. The van der Waals surface area contributed by atoms with Crippen molar-refractivity contribution in [1.29, 1.82) is 0 Å². The molecule has 4 nitrogen and oxygen atoms in total. The molecule has 0 N–H and O–H groups in total. The highest BCUT2D eigenvalue weighted by Crippen LogP contribution is 2.32. The Kier molecular flexibility index (Phi) is 5.82. The second-order valence-corrected chi connectivity index (χ2v) is 4.27. The molecule has 0 aliphatic carbocycles. The number of methoxy groups -OCH3 is 1. The molecule has 0 spiro atoms. The quantitative estimate of drug-likeness (QED) is 0.475. The van der Waals surface area contributed by atoms with Crippen molar-refractivity contribution in [1.82, 2.24) is 0 Å². The van der Waals surface area contributed by atoms with Crippen LogP contribution in [0.5, 0.6) is 0 Å². The van der Waals surface area contributed by atoms with Gasteiger partial charge < -0.3 is 9.63 Å². The number of ether oxygens (including phenoxy) is 1. The first-order valence-electron chi connectivity index (χ1n) is 2.48. The number of nitrogens with zero attached hydrogens (tertiary/aromatic N) is 1. The minimum atomic E-state index is -1.81. The Bertz CT molecular complexity index is 149. The third-order valence-electron chi connectivity index (χ3n) is 0.503. The third kappa shape index (κ3) is 6.16. The maximum absolute atomic E-state index is 10.7. The minimum absolute atomic E-state index is 0.298. The largest absolute Gasteiger partial charge is 0.601 e. The van der Waals surface area contributed by atoms with E-state index in [-0.39, 0.29) is 0 Å². The summed E-state index contributed by atoms with van der Waals surface area (Å²) >= 11 is 1.00. The fourth-order valence-corrected chi connectivity index (χ4v) is 1.83. The van der Waals surface area contributed by atoms with Crippen LogP contribution in [0.4, 0.5) is 0 Å². The Balaban J connectivity index is 3.60. The van der Waals surface area contributed by atoms with E-state index in [4.69, 9.17) is 0 Å². The zero-order valence-electron chi connectivity index (χ0n) is 5.73. The highest BCUT2D eigenvalue weighted by Gasteiger charge is 2.01. The van der Waals surface area contributed by atoms with Crippen LogP contribution in [-0.4, -0.2) is 19.0 Å². The molecule has 58 valence electrons. The lowest BCUT2D eigenvalue weighted by Crippen LogP contribution is -1.88. The van der Waals surface area contributed by atoms with E-state index in [1.807, 2.05) is 0 Å². The van der Waals surface area contributed by atoms with E-state index < -0.39 is 13.0 Å². The summed E-state index contributed by atoms with van der Waals surface area (Å²) < 4.78 is 7.87. The predicted molar refractivity (Wildman–Crippen MR) is 39.5 cm³/mol. The molecule has 0 heterocycles. The fraction of sp³-hybridized carbons (Fsp3) is 0.750. The lowest BCUT2D eigenvalue weighted by atomic mass is 10.8. The molecule has 0 fully saturated rings. The van der Waals surface area contributed by atoms with Crippen LogP contribution in [0.15, 0.2) is 4.74 Å². The van der Waals surface area contributed by atoms with Gasteiger partial charge in [-0.05, 0) is 4.74 Å². The molecule has 1 atom stereocenters. The van der Waals surface area contributed by atoms with Crippen molar-refractivity contribution >= 4 is 24.4 Å². The van der Waals surface area contributed by atoms with Crippen LogP contribution >= 0.6 is 18.5 Å². The van der Waals surface area contributed by atoms with Gasteiger partial charge in [-0.2, -0.15) is 0 Å². The van der Waals surface area contributed by atoms with E-state index in [0.717, 1.165) is 11.4 Å². The predicted octanol–water partition coefficient (Wildman–Crippen LogP) is 0.726. The molecule has 0 radical (unpaired) electrons. The van der Waals surface area contributed by atoms with Gasteiger partial charge >= 0.3 is 0 Å². The molecule has 0 saturated heterocycles. The molecular formula is C4H8NO3PS. The fourth-order valence-electron chi connectivity index (χ4n) is 0.242. The van der Waals surface area contributed by atoms with Gasteiger partial charge in [0.15, 0.2) is 0 Å². The van der Waals surface area contributed by atoms with Gasteiger partial charge in [0.25, 0.3) is 13.0 Å². The van der Waals surface area contributed by atoms with E-state index in [9.17, 15) is 9.69 Å². The monoisotopic (exact) mass is 181 g/mol. The normalized spacial score (nSPS) is 11.7. The molecule has 10 heavy (non-hydrogen) atoms. The lowest BCUT2D eigenvalue weighted by molar-refractivity contribution is -0.150. The van der Waals surface area contributed by atoms with Gasteiger partial charge in [0.1, 0.15) is 17.3 Å². The number of amides is 1. The first-order valence-corrected chi connectivity index (χ1v) is 5.28. The Hall–Kier alpha value is 0.0400. The topological polar surface area (TPSA) is 61.7 Å². The molecule has 0 aromatic rings. The number of carbonyl (C=O) groups is 1. The maximum atomic E-state index is 10.7. The van der Waals surface area contributed by atoms with E-state index in [0.29, 0.717) is 5.94 Å². The van der Waals surface area contributed by atoms with Gasteiger partial charge in [0.2, 0.25) is 0 Å². The highest BCUT2D eigenvalue weighted by molar-refractivity contribution is 8.50. The minimum Gasteiger partial charge on any atom is -0.601 e. The Morgan fingerprint density at radius 3 is 2.90 bits per heavy atom. The summed E-state index contributed by atoms with van der Waals surface area (Å²) in [6, 6.07) is 0. The Morgan fingerprint density at radius 1 is 1.90 bits per heavy atom. The van der Waals surface area contributed by atoms with Gasteiger partial charge in [-0.25, -0.2) is 0 Å². The number of hydrogen-bond donors (Lipinski definition) is 0. The van der Waals surface area contributed by atoms with Crippen LogP contribution in [0.1, 0.15) is 6.92 Å². The number of carbonyl (C=O) groups excluding carboxylic acids is 1. The van der Waals surface area contributed by atoms with Crippen molar-refractivity contribution in [2.24, 2.45) is 4.74 Å². The van der Waals surface area contributed by atoms with Crippen molar-refractivity contribution in [3.05, 3.63) is 0 Å². The Morgan fingerprint density at radius 2 is 2.50 bits per heavy atom. The zero-order valence-corrected chi connectivity index (χ0v) is 7.45. The molecule has 0 aliphatic heterocycles. The maximum Gasteiger partial charge on any atom is 0.285 e. The zero-order chi connectivity index (χ0) is 7.98. The van der Waals surface area contributed by atoms with E-state index in [1.165, 1.54) is 14.0 Å². The van der Waals surface area contributed by atoms with Crippen LogP contribution in [0.25, 0.3) is 0 Å². The average molecular weight is 181 g/mol. The van der Waals surface area contributed by atoms with Crippen LogP contribution in [0.2, 0.25) is 0 Å². The molecular weight excluding hydrogens is 173 g/mol. The third-order valence-corrected chi connectivity index (χ3v) is 2.73. The summed E-state index contributed by atoms with van der Waals surface area (Å²) in [7, 11) is -0.319. The van der Waals surface area contributed by atoms with E-state index in [2.05, 4.69) is 9.48 Å². The molecule has 0 bridgehead atoms. The molecule has 0 aliphatic rings. The van der Waals surface area contributed by atoms with Gasteiger partial charge in [-0.3, -0.25) is 4.79 Å². The molecule has 0 rings (SSSR count). The van der Waals surface area contributed by atoms with Gasteiger partial charge in [0.05, 0.1) is 0 Å². The van der Waals surface area contributed by atoms with Gasteiger partial charge in [-0.15, -0.1) is 0 Å². The molecule has 0 aromatic carbocycles. The second kappa shape index (κ2) is 5.80. The molecule has 0 aromatic heterocycles. The number of rotatable bonds is 3. The molecule has 0 saturated carbocycles. The van der Waals surface area contributed by atoms with Crippen molar-refractivity contribution in [2.45, 2.75) is 6.92 Å². The lowest BCUT2D eigenvalue weighted by Gasteiger charge is -1.90. The summed E-state index contributed by atoms with van der Waals surface area (Å²) in [5.41, 5.74) is 0. The smallest absolute Gasteiger partial charge is 0.285 e. The van der Waals surface area contributed by atoms with Gasteiger partial charge in [0, 0.05) is 14.0 Å².